The Hall–Kier alpha value is -10.5. The average Bonchev–Trinajstić information content (AvgIpc) is 3.52. The maximum Gasteiger partial charge on any atom is 0.147 e. The normalized spacial score (nSPS) is 9.71. The predicted octanol–water partition coefficient (Wildman–Crippen LogP) is 12.0. The van der Waals surface area contributed by atoms with Gasteiger partial charge in [0.05, 0.1) is 70.3 Å². The zero-order chi connectivity index (χ0) is 55.7. The van der Waals surface area contributed by atoms with E-state index in [0.717, 1.165) is 68.1 Å². The lowest BCUT2D eigenvalue weighted by molar-refractivity contribution is 0.839. The van der Waals surface area contributed by atoms with Crippen LogP contribution in [0.25, 0.3) is 56.3 Å². The fourth-order valence-electron chi connectivity index (χ4n) is 6.63. The van der Waals surface area contributed by atoms with Crippen molar-refractivity contribution in [2.75, 3.05) is 0 Å². The third-order valence-corrected chi connectivity index (χ3v) is 10.5. The Morgan fingerprint density at radius 1 is 0.278 bits per heavy atom. The molecule has 79 heavy (non-hydrogen) atoms. The summed E-state index contributed by atoms with van der Waals surface area (Å²) in [7, 11) is 0. The minimum Gasteiger partial charge on any atom is -0.262 e. The van der Waals surface area contributed by atoms with Crippen LogP contribution in [0.3, 0.4) is 0 Å². The van der Waals surface area contributed by atoms with E-state index in [4.69, 9.17) is 4.98 Å². The number of hydrogen-bond acceptors (Lipinski definition) is 17. The van der Waals surface area contributed by atoms with Crippen molar-refractivity contribution in [3.63, 3.8) is 0 Å². The SMILES string of the molecule is Cc1cc(-c2ccccc2)ccn1.Cc1ccc(-c2cc(-c3ccccn3)nc(-c3ccccn3)c2)cc1.Cc1cccc(-c2ccccc2)n1.Cc1ccnnn1.Cc1cncnn1.Cc1cnncn1.Cc1nccnn1. The number of aryl methyl sites for hydroxylation is 7. The van der Waals surface area contributed by atoms with Crippen molar-refractivity contribution in [1.82, 2.24) is 85.9 Å². The second-order valence-electron chi connectivity index (χ2n) is 17.0. The van der Waals surface area contributed by atoms with Crippen LogP contribution in [0.5, 0.6) is 0 Å². The van der Waals surface area contributed by atoms with Crippen molar-refractivity contribution in [3.05, 3.63) is 272 Å². The molecule has 0 N–H and O–H groups in total. The molecule has 0 aliphatic carbocycles. The number of hydrogen-bond donors (Lipinski definition) is 0. The average molecular weight is 1040 g/mol. The summed E-state index contributed by atoms with van der Waals surface area (Å²) < 4.78 is 0. The van der Waals surface area contributed by atoms with E-state index >= 15 is 0 Å². The molecular weight excluding hydrogens is 983 g/mol. The zero-order valence-electron chi connectivity index (χ0n) is 45.0. The Morgan fingerprint density at radius 2 is 0.937 bits per heavy atom. The largest absolute Gasteiger partial charge is 0.262 e. The molecule has 17 heteroatoms. The van der Waals surface area contributed by atoms with Crippen molar-refractivity contribution >= 4 is 0 Å². The Morgan fingerprint density at radius 3 is 1.39 bits per heavy atom. The number of nitrogens with zero attached hydrogens (tertiary/aromatic N) is 17. The first kappa shape index (κ1) is 57.7. The van der Waals surface area contributed by atoms with Crippen LogP contribution in [-0.2, 0) is 0 Å². The second kappa shape index (κ2) is 32.7. The van der Waals surface area contributed by atoms with Crippen molar-refractivity contribution in [3.8, 4) is 56.3 Å². The number of benzene rings is 3. The van der Waals surface area contributed by atoms with Crippen LogP contribution in [-0.4, -0.2) is 85.9 Å². The molecule has 0 saturated heterocycles. The van der Waals surface area contributed by atoms with E-state index in [1.54, 1.807) is 56.4 Å². The summed E-state index contributed by atoms with van der Waals surface area (Å²) in [5.41, 5.74) is 16.4. The molecule has 0 saturated carbocycles. The summed E-state index contributed by atoms with van der Waals surface area (Å²) in [4.78, 5) is 33.6. The third-order valence-electron chi connectivity index (χ3n) is 10.5. The Labute approximate surface area is 460 Å². The second-order valence-corrected chi connectivity index (χ2v) is 17.0. The molecule has 0 fully saturated rings. The maximum atomic E-state index is 4.79. The van der Waals surface area contributed by atoms with Gasteiger partial charge in [-0.25, -0.2) is 19.9 Å². The molecule has 9 heterocycles. The molecule has 392 valence electrons. The Balaban J connectivity index is 0.000000160. The highest BCUT2D eigenvalue weighted by Crippen LogP contribution is 2.29. The van der Waals surface area contributed by atoms with Crippen molar-refractivity contribution in [2.24, 2.45) is 0 Å². The van der Waals surface area contributed by atoms with Gasteiger partial charge < -0.3 is 0 Å². The standard InChI is InChI=1S/C22H17N3.2C12H11N.4C4H5N3/c1-16-8-10-17(11-9-16)18-14-21(19-6-2-4-12-23-19)25-22(15-18)20-7-3-5-13-24-20;1-10-6-5-9-12(13-10)11-7-3-2-4-8-11;1-10-9-12(7-8-13-10)11-5-3-2-4-6-11;1-4-2-6-7-3-5-4;1-4-2-5-3-6-7-4;1-4-5-2-3-6-7-4;1-4-2-3-5-7-6-4/h2-15H,1H3;2*2-9H,1H3;4*2-3H,1H3. The third kappa shape index (κ3) is 21.7. The van der Waals surface area contributed by atoms with Crippen LogP contribution < -0.4 is 0 Å². The van der Waals surface area contributed by atoms with Crippen LogP contribution in [0.4, 0.5) is 0 Å². The van der Waals surface area contributed by atoms with Gasteiger partial charge in [0.25, 0.3) is 0 Å². The van der Waals surface area contributed by atoms with Gasteiger partial charge in [0.1, 0.15) is 18.5 Å². The fourth-order valence-corrected chi connectivity index (χ4v) is 6.63. The highest BCUT2D eigenvalue weighted by atomic mass is 15.3. The fraction of sp³-hybridized carbons (Fsp3) is 0.113. The van der Waals surface area contributed by atoms with Gasteiger partial charge in [0, 0.05) is 41.7 Å². The van der Waals surface area contributed by atoms with Gasteiger partial charge in [-0.3, -0.25) is 19.9 Å². The molecule has 12 rings (SSSR count). The van der Waals surface area contributed by atoms with Crippen molar-refractivity contribution in [1.29, 1.82) is 0 Å². The molecule has 0 amide bonds. The number of pyridine rings is 5. The lowest BCUT2D eigenvalue weighted by Gasteiger charge is -2.09. The molecule has 0 spiro atoms. The molecule has 0 aliphatic rings. The Bertz CT molecular complexity index is 3250. The van der Waals surface area contributed by atoms with E-state index < -0.39 is 0 Å². The molecule has 0 bridgehead atoms. The molecule has 3 aromatic carbocycles. The van der Waals surface area contributed by atoms with E-state index in [-0.39, 0.29) is 0 Å². The molecular formula is C62H59N17. The van der Waals surface area contributed by atoms with Crippen molar-refractivity contribution < 1.29 is 0 Å². The summed E-state index contributed by atoms with van der Waals surface area (Å²) in [6.45, 7) is 13.5. The highest BCUT2D eigenvalue weighted by Gasteiger charge is 2.10. The smallest absolute Gasteiger partial charge is 0.147 e. The van der Waals surface area contributed by atoms with E-state index in [0.29, 0.717) is 5.82 Å². The summed E-state index contributed by atoms with van der Waals surface area (Å²) in [5.74, 6) is 0.711. The van der Waals surface area contributed by atoms with E-state index in [9.17, 15) is 0 Å². The van der Waals surface area contributed by atoms with E-state index in [1.807, 2.05) is 138 Å². The first-order valence-corrected chi connectivity index (χ1v) is 24.9. The maximum absolute atomic E-state index is 4.79. The molecule has 0 atom stereocenters. The van der Waals surface area contributed by atoms with Gasteiger partial charge in [-0.1, -0.05) is 109 Å². The van der Waals surface area contributed by atoms with Gasteiger partial charge in [-0.05, 0) is 143 Å². The summed E-state index contributed by atoms with van der Waals surface area (Å²) in [6, 6.07) is 56.9. The Kier molecular flexibility index (Phi) is 23.9. The van der Waals surface area contributed by atoms with Crippen molar-refractivity contribution in [2.45, 2.75) is 48.5 Å². The summed E-state index contributed by atoms with van der Waals surface area (Å²) in [6.07, 6.45) is 16.3. The minimum atomic E-state index is 0.711. The molecule has 17 nitrogen and oxygen atoms in total. The molecule has 12 aromatic rings. The van der Waals surface area contributed by atoms with Crippen LogP contribution in [0.1, 0.15) is 39.9 Å². The molecule has 0 unspecified atom stereocenters. The van der Waals surface area contributed by atoms with Gasteiger partial charge in [0.15, 0.2) is 0 Å². The van der Waals surface area contributed by atoms with Gasteiger partial charge >= 0.3 is 0 Å². The van der Waals surface area contributed by atoms with Gasteiger partial charge in [-0.15, -0.1) is 25.5 Å². The quantitative estimate of drug-likeness (QED) is 0.156. The van der Waals surface area contributed by atoms with Gasteiger partial charge in [0.2, 0.25) is 0 Å². The topological polar surface area (TPSA) is 219 Å². The lowest BCUT2D eigenvalue weighted by atomic mass is 10.0. The summed E-state index contributed by atoms with van der Waals surface area (Å²) >= 11 is 0. The number of aromatic nitrogens is 17. The highest BCUT2D eigenvalue weighted by molar-refractivity contribution is 5.74. The molecule has 0 radical (unpaired) electrons. The van der Waals surface area contributed by atoms with Gasteiger partial charge in [-0.2, -0.15) is 15.3 Å². The predicted molar refractivity (Wildman–Crippen MR) is 308 cm³/mol. The van der Waals surface area contributed by atoms with Crippen LogP contribution in [0.2, 0.25) is 0 Å². The minimum absolute atomic E-state index is 0.711. The molecule has 0 aliphatic heterocycles. The van der Waals surface area contributed by atoms with Crippen LogP contribution >= 0.6 is 0 Å². The van der Waals surface area contributed by atoms with E-state index in [1.165, 1.54) is 34.9 Å². The number of rotatable bonds is 5. The summed E-state index contributed by atoms with van der Waals surface area (Å²) in [5, 5.41) is 31.9. The monoisotopic (exact) mass is 1040 g/mol. The molecule has 9 aromatic heterocycles. The lowest BCUT2D eigenvalue weighted by Crippen LogP contribution is -1.93. The first-order chi connectivity index (χ1) is 38.6. The zero-order valence-corrected chi connectivity index (χ0v) is 45.0. The van der Waals surface area contributed by atoms with E-state index in [2.05, 4.69) is 155 Å². The van der Waals surface area contributed by atoms with Crippen LogP contribution in [0.15, 0.2) is 232 Å². The van der Waals surface area contributed by atoms with Crippen LogP contribution in [0, 0.1) is 48.5 Å². The first-order valence-electron chi connectivity index (χ1n) is 24.9.